The molecule has 1 aromatic heterocycles. The molecule has 4 heteroatoms. The molecule has 0 aliphatic heterocycles. The van der Waals surface area contributed by atoms with Crippen LogP contribution < -0.4 is 10.6 Å². The van der Waals surface area contributed by atoms with Crippen LogP contribution in [0.3, 0.4) is 0 Å². The van der Waals surface area contributed by atoms with E-state index in [0.29, 0.717) is 0 Å². The number of rotatable bonds is 3. The van der Waals surface area contributed by atoms with Gasteiger partial charge in [0.1, 0.15) is 0 Å². The van der Waals surface area contributed by atoms with Crippen molar-refractivity contribution >= 4 is 5.95 Å². The van der Waals surface area contributed by atoms with Crippen LogP contribution in [0, 0.1) is 0 Å². The van der Waals surface area contributed by atoms with E-state index in [-0.39, 0.29) is 5.66 Å². The van der Waals surface area contributed by atoms with Gasteiger partial charge in [0.25, 0.3) is 0 Å². The summed E-state index contributed by atoms with van der Waals surface area (Å²) in [4.78, 5) is 10.4. The molecule has 1 aliphatic carbocycles. The summed E-state index contributed by atoms with van der Waals surface area (Å²) in [6.07, 6.45) is 5.58. The van der Waals surface area contributed by atoms with Gasteiger partial charge in [0.2, 0.25) is 5.95 Å². The Balaban J connectivity index is 2.23. The maximum absolute atomic E-state index is 6.08. The van der Waals surface area contributed by atoms with Crippen molar-refractivity contribution in [2.45, 2.75) is 25.4 Å². The van der Waals surface area contributed by atoms with Gasteiger partial charge in [0.05, 0.1) is 5.66 Å². The zero-order valence-electron chi connectivity index (χ0n) is 7.77. The molecule has 1 aliphatic rings. The van der Waals surface area contributed by atoms with Gasteiger partial charge in [-0.15, -0.1) is 0 Å². The van der Waals surface area contributed by atoms with Crippen molar-refractivity contribution in [2.75, 3.05) is 11.4 Å². The topological polar surface area (TPSA) is 55.0 Å². The molecule has 1 aromatic rings. The Labute approximate surface area is 77.8 Å². The molecule has 13 heavy (non-hydrogen) atoms. The largest absolute Gasteiger partial charge is 0.323 e. The first-order valence-corrected chi connectivity index (χ1v) is 4.60. The highest BCUT2D eigenvalue weighted by molar-refractivity contribution is 5.36. The fourth-order valence-electron chi connectivity index (χ4n) is 1.48. The van der Waals surface area contributed by atoms with Gasteiger partial charge in [-0.25, -0.2) is 9.97 Å². The molecular weight excluding hydrogens is 164 g/mol. The molecule has 0 radical (unpaired) electrons. The Morgan fingerprint density at radius 3 is 2.54 bits per heavy atom. The van der Waals surface area contributed by atoms with Crippen molar-refractivity contribution in [1.29, 1.82) is 0 Å². The average molecular weight is 178 g/mol. The van der Waals surface area contributed by atoms with Gasteiger partial charge in [0, 0.05) is 18.9 Å². The lowest BCUT2D eigenvalue weighted by Gasteiger charge is -2.27. The van der Waals surface area contributed by atoms with Gasteiger partial charge in [-0.05, 0) is 25.8 Å². The minimum Gasteiger partial charge on any atom is -0.323 e. The van der Waals surface area contributed by atoms with Crippen molar-refractivity contribution in [3.8, 4) is 0 Å². The Bertz CT molecular complexity index is 281. The normalized spacial score (nSPS) is 18.3. The van der Waals surface area contributed by atoms with Crippen LogP contribution >= 0.6 is 0 Å². The molecule has 0 saturated heterocycles. The lowest BCUT2D eigenvalue weighted by Crippen LogP contribution is -2.45. The third kappa shape index (κ3) is 1.49. The van der Waals surface area contributed by atoms with Crippen LogP contribution in [0.25, 0.3) is 0 Å². The summed E-state index contributed by atoms with van der Waals surface area (Å²) in [6.45, 7) is 2.93. The molecule has 4 nitrogen and oxygen atoms in total. The van der Waals surface area contributed by atoms with Crippen LogP contribution in [0.15, 0.2) is 18.5 Å². The number of hydrogen-bond acceptors (Lipinski definition) is 4. The average Bonchev–Trinajstić information content (AvgIpc) is 2.87. The van der Waals surface area contributed by atoms with Gasteiger partial charge < -0.3 is 10.6 Å². The Hall–Kier alpha value is -1.16. The van der Waals surface area contributed by atoms with Crippen molar-refractivity contribution in [1.82, 2.24) is 9.97 Å². The zero-order chi connectivity index (χ0) is 9.31. The first-order chi connectivity index (χ1) is 6.26. The molecule has 70 valence electrons. The SMILES string of the molecule is CCN(c1ncccn1)C1(N)CC1. The van der Waals surface area contributed by atoms with Gasteiger partial charge in [-0.1, -0.05) is 0 Å². The molecule has 1 saturated carbocycles. The van der Waals surface area contributed by atoms with Crippen molar-refractivity contribution in [3.05, 3.63) is 18.5 Å². The monoisotopic (exact) mass is 178 g/mol. The van der Waals surface area contributed by atoms with Gasteiger partial charge in [-0.3, -0.25) is 0 Å². The Morgan fingerprint density at radius 2 is 2.08 bits per heavy atom. The summed E-state index contributed by atoms with van der Waals surface area (Å²) in [5.41, 5.74) is 5.91. The van der Waals surface area contributed by atoms with Crippen LogP contribution in [0.4, 0.5) is 5.95 Å². The van der Waals surface area contributed by atoms with E-state index in [9.17, 15) is 0 Å². The zero-order valence-corrected chi connectivity index (χ0v) is 7.77. The first-order valence-electron chi connectivity index (χ1n) is 4.60. The Morgan fingerprint density at radius 1 is 1.46 bits per heavy atom. The van der Waals surface area contributed by atoms with Crippen LogP contribution in [0.2, 0.25) is 0 Å². The van der Waals surface area contributed by atoms with E-state index in [0.717, 1.165) is 25.3 Å². The fraction of sp³-hybridized carbons (Fsp3) is 0.556. The van der Waals surface area contributed by atoms with E-state index < -0.39 is 0 Å². The van der Waals surface area contributed by atoms with Gasteiger partial charge in [0.15, 0.2) is 0 Å². The molecule has 0 amide bonds. The highest BCUT2D eigenvalue weighted by Gasteiger charge is 2.44. The standard InChI is InChI=1S/C9H14N4/c1-2-13(9(10)4-5-9)8-11-6-3-7-12-8/h3,6-7H,2,4-5,10H2,1H3. The second kappa shape index (κ2) is 2.96. The predicted octanol–water partition coefficient (Wildman–Crippen LogP) is 0.752. The summed E-state index contributed by atoms with van der Waals surface area (Å²) in [5.74, 6) is 0.741. The second-order valence-corrected chi connectivity index (χ2v) is 3.40. The minimum absolute atomic E-state index is 0.171. The molecule has 0 bridgehead atoms. The third-order valence-corrected chi connectivity index (χ3v) is 2.41. The van der Waals surface area contributed by atoms with Crippen LogP contribution in [-0.4, -0.2) is 22.2 Å². The Kier molecular flexibility index (Phi) is 1.92. The molecule has 0 unspecified atom stereocenters. The smallest absolute Gasteiger partial charge is 0.226 e. The summed E-state index contributed by atoms with van der Waals surface area (Å²) in [6, 6.07) is 1.81. The molecule has 0 atom stereocenters. The fourth-order valence-corrected chi connectivity index (χ4v) is 1.48. The van der Waals surface area contributed by atoms with Crippen molar-refractivity contribution in [2.24, 2.45) is 5.73 Å². The van der Waals surface area contributed by atoms with Gasteiger partial charge in [-0.2, -0.15) is 0 Å². The molecule has 2 N–H and O–H groups in total. The summed E-state index contributed by atoms with van der Waals surface area (Å²) >= 11 is 0. The molecule has 2 rings (SSSR count). The van der Waals surface area contributed by atoms with E-state index in [1.54, 1.807) is 12.4 Å². The quantitative estimate of drug-likeness (QED) is 0.694. The second-order valence-electron chi connectivity index (χ2n) is 3.40. The number of anilines is 1. The van der Waals surface area contributed by atoms with E-state index in [1.165, 1.54) is 0 Å². The molecule has 0 aromatic carbocycles. The molecule has 1 fully saturated rings. The number of nitrogens with zero attached hydrogens (tertiary/aromatic N) is 3. The first kappa shape index (κ1) is 8.44. The number of hydrogen-bond donors (Lipinski definition) is 1. The molecule has 0 spiro atoms. The lowest BCUT2D eigenvalue weighted by molar-refractivity contribution is 0.603. The van der Waals surface area contributed by atoms with Crippen LogP contribution in [0.1, 0.15) is 19.8 Å². The van der Waals surface area contributed by atoms with E-state index >= 15 is 0 Å². The maximum atomic E-state index is 6.08. The van der Waals surface area contributed by atoms with Crippen LogP contribution in [0.5, 0.6) is 0 Å². The van der Waals surface area contributed by atoms with E-state index in [4.69, 9.17) is 5.73 Å². The van der Waals surface area contributed by atoms with Crippen LogP contribution in [-0.2, 0) is 0 Å². The highest BCUT2D eigenvalue weighted by atomic mass is 15.4. The number of nitrogens with two attached hydrogens (primary N) is 1. The van der Waals surface area contributed by atoms with Crippen molar-refractivity contribution < 1.29 is 0 Å². The van der Waals surface area contributed by atoms with E-state index in [2.05, 4.69) is 21.8 Å². The predicted molar refractivity (Wildman–Crippen MR) is 51.2 cm³/mol. The summed E-state index contributed by atoms with van der Waals surface area (Å²) in [5, 5.41) is 0. The van der Waals surface area contributed by atoms with Gasteiger partial charge >= 0.3 is 0 Å². The summed E-state index contributed by atoms with van der Waals surface area (Å²) < 4.78 is 0. The van der Waals surface area contributed by atoms with Crippen molar-refractivity contribution in [3.63, 3.8) is 0 Å². The number of aromatic nitrogens is 2. The minimum atomic E-state index is -0.171. The van der Waals surface area contributed by atoms with E-state index in [1.807, 2.05) is 6.07 Å². The molecular formula is C9H14N4. The third-order valence-electron chi connectivity index (χ3n) is 2.41. The highest BCUT2D eigenvalue weighted by Crippen LogP contribution is 2.37. The lowest BCUT2D eigenvalue weighted by atomic mass is 10.4. The maximum Gasteiger partial charge on any atom is 0.226 e. The summed E-state index contributed by atoms with van der Waals surface area (Å²) in [7, 11) is 0. The molecule has 1 heterocycles.